The molecule has 2 aromatic rings. The van der Waals surface area contributed by atoms with Crippen LogP contribution in [-0.4, -0.2) is 22.1 Å². The van der Waals surface area contributed by atoms with E-state index in [9.17, 15) is 14.7 Å². The van der Waals surface area contributed by atoms with E-state index in [0.29, 0.717) is 15.7 Å². The number of carboxylic acid groups (broad SMARTS) is 1. The molecule has 0 aliphatic carbocycles. The number of halogens is 1. The third-order valence-corrected chi connectivity index (χ3v) is 3.97. The maximum absolute atomic E-state index is 12.2. The van der Waals surface area contributed by atoms with Gasteiger partial charge in [-0.1, -0.05) is 12.1 Å². The molecule has 3 N–H and O–H groups in total. The van der Waals surface area contributed by atoms with E-state index in [1.165, 1.54) is 18.2 Å². The molecule has 0 saturated heterocycles. The number of benzene rings is 2. The number of carbonyl (C=O) groups is 2. The van der Waals surface area contributed by atoms with Crippen molar-refractivity contribution in [2.75, 3.05) is 5.32 Å². The van der Waals surface area contributed by atoms with E-state index in [2.05, 4.69) is 21.2 Å². The van der Waals surface area contributed by atoms with Gasteiger partial charge in [0.2, 0.25) is 0 Å². The van der Waals surface area contributed by atoms with Crippen molar-refractivity contribution in [3.8, 4) is 5.75 Å². The highest BCUT2D eigenvalue weighted by atomic mass is 79.9. The Kier molecular flexibility index (Phi) is 4.28. The lowest BCUT2D eigenvalue weighted by Crippen LogP contribution is -2.13. The Morgan fingerprint density at radius 3 is 2.52 bits per heavy atom. The third-order valence-electron chi connectivity index (χ3n) is 2.92. The molecule has 2 aromatic carbocycles. The molecule has 1 amide bonds. The van der Waals surface area contributed by atoms with Crippen LogP contribution in [0.15, 0.2) is 40.9 Å². The van der Waals surface area contributed by atoms with Gasteiger partial charge < -0.3 is 15.5 Å². The molecule has 0 aromatic heterocycles. The van der Waals surface area contributed by atoms with Gasteiger partial charge in [-0.2, -0.15) is 0 Å². The van der Waals surface area contributed by atoms with Crippen LogP contribution >= 0.6 is 15.9 Å². The van der Waals surface area contributed by atoms with E-state index < -0.39 is 5.97 Å². The summed E-state index contributed by atoms with van der Waals surface area (Å²) in [5.41, 5.74) is 1.39. The lowest BCUT2D eigenvalue weighted by molar-refractivity contribution is 0.0693. The highest BCUT2D eigenvalue weighted by molar-refractivity contribution is 9.10. The average molecular weight is 350 g/mol. The fourth-order valence-corrected chi connectivity index (χ4v) is 2.25. The van der Waals surface area contributed by atoms with Gasteiger partial charge in [-0.3, -0.25) is 4.79 Å². The van der Waals surface area contributed by atoms with Gasteiger partial charge in [0, 0.05) is 10.2 Å². The standard InChI is InChI=1S/C15H12BrNO4/c1-8-3-2-4-10(13(8)16)14(19)17-9-5-6-12(18)11(7-9)15(20)21/h2-7,18H,1H3,(H,17,19)(H,20,21). The van der Waals surface area contributed by atoms with Crippen molar-refractivity contribution in [2.45, 2.75) is 6.92 Å². The van der Waals surface area contributed by atoms with Gasteiger partial charge >= 0.3 is 5.97 Å². The Morgan fingerprint density at radius 2 is 1.86 bits per heavy atom. The van der Waals surface area contributed by atoms with Gasteiger partial charge in [0.25, 0.3) is 5.91 Å². The van der Waals surface area contributed by atoms with Crippen LogP contribution in [0, 0.1) is 6.92 Å². The number of aromatic hydroxyl groups is 1. The molecule has 6 heteroatoms. The van der Waals surface area contributed by atoms with E-state index in [1.807, 2.05) is 13.0 Å². The van der Waals surface area contributed by atoms with Crippen LogP contribution in [0.3, 0.4) is 0 Å². The Morgan fingerprint density at radius 1 is 1.14 bits per heavy atom. The van der Waals surface area contributed by atoms with Crippen LogP contribution in [0.4, 0.5) is 5.69 Å². The molecule has 0 fully saturated rings. The van der Waals surface area contributed by atoms with Crippen LogP contribution < -0.4 is 5.32 Å². The molecule has 0 heterocycles. The van der Waals surface area contributed by atoms with E-state index in [0.717, 1.165) is 5.56 Å². The van der Waals surface area contributed by atoms with Gasteiger partial charge in [-0.25, -0.2) is 4.79 Å². The lowest BCUT2D eigenvalue weighted by Gasteiger charge is -2.09. The van der Waals surface area contributed by atoms with Gasteiger partial charge in [0.15, 0.2) is 0 Å². The first-order valence-corrected chi connectivity index (χ1v) is 6.82. The quantitative estimate of drug-likeness (QED) is 0.741. The summed E-state index contributed by atoms with van der Waals surface area (Å²) < 4.78 is 0.680. The van der Waals surface area contributed by atoms with Gasteiger partial charge in [0.05, 0.1) is 5.56 Å². The number of rotatable bonds is 3. The molecule has 0 aliphatic rings. The molecular weight excluding hydrogens is 338 g/mol. The Hall–Kier alpha value is -2.34. The zero-order valence-corrected chi connectivity index (χ0v) is 12.6. The van der Waals surface area contributed by atoms with Crippen LogP contribution in [0.1, 0.15) is 26.3 Å². The number of anilines is 1. The largest absolute Gasteiger partial charge is 0.507 e. The molecule has 0 aliphatic heterocycles. The fraction of sp³-hybridized carbons (Fsp3) is 0.0667. The molecule has 0 radical (unpaired) electrons. The summed E-state index contributed by atoms with van der Waals surface area (Å²) in [5, 5.41) is 21.0. The number of aryl methyl sites for hydroxylation is 1. The van der Waals surface area contributed by atoms with E-state index in [1.54, 1.807) is 12.1 Å². The topological polar surface area (TPSA) is 86.6 Å². The van der Waals surface area contributed by atoms with Crippen molar-refractivity contribution < 1.29 is 19.8 Å². The number of hydrogen-bond acceptors (Lipinski definition) is 3. The Bertz CT molecular complexity index is 728. The third kappa shape index (κ3) is 3.22. The van der Waals surface area contributed by atoms with E-state index >= 15 is 0 Å². The summed E-state index contributed by atoms with van der Waals surface area (Å²) in [6.07, 6.45) is 0. The zero-order chi connectivity index (χ0) is 15.6. The minimum atomic E-state index is -1.26. The predicted octanol–water partition coefficient (Wildman–Crippen LogP) is 3.41. The molecule has 21 heavy (non-hydrogen) atoms. The fourth-order valence-electron chi connectivity index (χ4n) is 1.81. The van der Waals surface area contributed by atoms with Crippen molar-refractivity contribution in [3.05, 3.63) is 57.6 Å². The number of phenols is 1. The summed E-state index contributed by atoms with van der Waals surface area (Å²) in [4.78, 5) is 23.2. The van der Waals surface area contributed by atoms with Crippen LogP contribution in [0.25, 0.3) is 0 Å². The number of aromatic carboxylic acids is 1. The molecule has 5 nitrogen and oxygen atoms in total. The number of carboxylic acids is 1. The normalized spacial score (nSPS) is 10.2. The van der Waals surface area contributed by atoms with Crippen molar-refractivity contribution >= 4 is 33.5 Å². The molecule has 0 bridgehead atoms. The molecular formula is C15H12BrNO4. The van der Waals surface area contributed by atoms with Crippen LogP contribution in [-0.2, 0) is 0 Å². The Labute approximate surface area is 129 Å². The highest BCUT2D eigenvalue weighted by Crippen LogP contribution is 2.24. The van der Waals surface area contributed by atoms with Crippen LogP contribution in [0.5, 0.6) is 5.75 Å². The number of carbonyl (C=O) groups excluding carboxylic acids is 1. The predicted molar refractivity (Wildman–Crippen MR) is 81.9 cm³/mol. The molecule has 2 rings (SSSR count). The van der Waals surface area contributed by atoms with Crippen molar-refractivity contribution in [1.29, 1.82) is 0 Å². The van der Waals surface area contributed by atoms with Crippen molar-refractivity contribution in [3.63, 3.8) is 0 Å². The molecule has 0 saturated carbocycles. The summed E-state index contributed by atoms with van der Waals surface area (Å²) in [6, 6.07) is 9.15. The Balaban J connectivity index is 2.30. The summed E-state index contributed by atoms with van der Waals surface area (Å²) in [5.74, 6) is -1.98. The van der Waals surface area contributed by atoms with Crippen molar-refractivity contribution in [1.82, 2.24) is 0 Å². The summed E-state index contributed by atoms with van der Waals surface area (Å²) in [7, 11) is 0. The first kappa shape index (κ1) is 15.1. The zero-order valence-electron chi connectivity index (χ0n) is 11.1. The molecule has 0 spiro atoms. The maximum Gasteiger partial charge on any atom is 0.339 e. The lowest BCUT2D eigenvalue weighted by atomic mass is 10.1. The second-order valence-electron chi connectivity index (χ2n) is 4.43. The van der Waals surface area contributed by atoms with Gasteiger partial charge in [-0.15, -0.1) is 0 Å². The minimum Gasteiger partial charge on any atom is -0.507 e. The maximum atomic E-state index is 12.2. The smallest absolute Gasteiger partial charge is 0.339 e. The second-order valence-corrected chi connectivity index (χ2v) is 5.22. The van der Waals surface area contributed by atoms with Crippen molar-refractivity contribution in [2.24, 2.45) is 0 Å². The van der Waals surface area contributed by atoms with Gasteiger partial charge in [0.1, 0.15) is 11.3 Å². The highest BCUT2D eigenvalue weighted by Gasteiger charge is 2.14. The average Bonchev–Trinajstić information content (AvgIpc) is 2.43. The van der Waals surface area contributed by atoms with Gasteiger partial charge in [-0.05, 0) is 52.7 Å². The monoisotopic (exact) mass is 349 g/mol. The molecule has 108 valence electrons. The van der Waals surface area contributed by atoms with E-state index in [-0.39, 0.29) is 17.2 Å². The number of nitrogens with one attached hydrogen (secondary N) is 1. The second kappa shape index (κ2) is 5.97. The van der Waals surface area contributed by atoms with E-state index in [4.69, 9.17) is 5.11 Å². The summed E-state index contributed by atoms with van der Waals surface area (Å²) >= 11 is 3.35. The SMILES string of the molecule is Cc1cccc(C(=O)Nc2ccc(O)c(C(=O)O)c2)c1Br. The summed E-state index contributed by atoms with van der Waals surface area (Å²) in [6.45, 7) is 1.87. The first-order chi connectivity index (χ1) is 9.90. The molecule has 0 unspecified atom stereocenters. The first-order valence-electron chi connectivity index (χ1n) is 6.03. The van der Waals surface area contributed by atoms with Crippen LogP contribution in [0.2, 0.25) is 0 Å². The number of hydrogen-bond donors (Lipinski definition) is 3. The minimum absolute atomic E-state index is 0.267. The molecule has 0 atom stereocenters. The number of amides is 1.